The molecule has 1 saturated heterocycles. The van der Waals surface area contributed by atoms with Gasteiger partial charge in [-0.3, -0.25) is 15.0 Å². The fraction of sp³-hybridized carbons (Fsp3) is 0.933. The van der Waals surface area contributed by atoms with Crippen molar-refractivity contribution in [2.75, 3.05) is 13.7 Å². The third-order valence-corrected chi connectivity index (χ3v) is 5.39. The molecule has 3 aliphatic rings. The molecule has 1 heterocycles. The average Bonchev–Trinajstić information content (AvgIpc) is 2.94. The lowest BCUT2D eigenvalue weighted by Crippen LogP contribution is -2.53. The van der Waals surface area contributed by atoms with E-state index >= 15 is 0 Å². The number of rotatable bonds is 5. The topological polar surface area (TPSA) is 61.8 Å². The highest BCUT2D eigenvalue weighted by atomic mass is 16.5. The van der Waals surface area contributed by atoms with Gasteiger partial charge >= 0.3 is 5.97 Å². The first-order chi connectivity index (χ1) is 9.52. The zero-order chi connectivity index (χ0) is 14.3. The molecule has 2 saturated carbocycles. The first kappa shape index (κ1) is 14.3. The van der Waals surface area contributed by atoms with Gasteiger partial charge in [0.2, 0.25) is 0 Å². The molecule has 0 bridgehead atoms. The van der Waals surface area contributed by atoms with Gasteiger partial charge in [0.1, 0.15) is 5.54 Å². The molecule has 1 aliphatic heterocycles. The molecular weight excluding hydrogens is 256 g/mol. The van der Waals surface area contributed by atoms with Crippen molar-refractivity contribution in [1.29, 1.82) is 0 Å². The minimum atomic E-state index is -0.692. The third kappa shape index (κ3) is 2.59. The van der Waals surface area contributed by atoms with Crippen LogP contribution >= 0.6 is 0 Å². The summed E-state index contributed by atoms with van der Waals surface area (Å²) in [5, 5.41) is 13.0. The summed E-state index contributed by atoms with van der Waals surface area (Å²) in [5.74, 6) is -0.670. The van der Waals surface area contributed by atoms with Crippen LogP contribution in [-0.4, -0.2) is 59.4 Å². The summed E-state index contributed by atoms with van der Waals surface area (Å²) >= 11 is 0. The Bertz CT molecular complexity index is 385. The number of likely N-dealkylation sites (N-methyl/N-ethyl adjacent to an activating group) is 1. The fourth-order valence-corrected chi connectivity index (χ4v) is 3.90. The highest BCUT2D eigenvalue weighted by Crippen LogP contribution is 2.38. The Labute approximate surface area is 120 Å². The minimum absolute atomic E-state index is 0.260. The molecule has 5 nitrogen and oxygen atoms in total. The zero-order valence-corrected chi connectivity index (χ0v) is 12.5. The van der Waals surface area contributed by atoms with Crippen LogP contribution in [0.1, 0.15) is 45.4 Å². The molecule has 2 aliphatic carbocycles. The van der Waals surface area contributed by atoms with Gasteiger partial charge in [-0.25, -0.2) is 0 Å². The van der Waals surface area contributed by atoms with Gasteiger partial charge in [0, 0.05) is 24.7 Å². The van der Waals surface area contributed by atoms with Gasteiger partial charge in [-0.2, -0.15) is 0 Å². The molecule has 3 fully saturated rings. The maximum absolute atomic E-state index is 11.7. The van der Waals surface area contributed by atoms with Crippen LogP contribution in [-0.2, 0) is 9.53 Å². The number of carboxylic acids is 1. The number of hydrogen-bond donors (Lipinski definition) is 2. The van der Waals surface area contributed by atoms with Gasteiger partial charge in [-0.1, -0.05) is 0 Å². The molecule has 114 valence electrons. The molecule has 2 N–H and O–H groups in total. The Morgan fingerprint density at radius 2 is 2.10 bits per heavy atom. The van der Waals surface area contributed by atoms with E-state index in [1.807, 2.05) is 0 Å². The third-order valence-electron chi connectivity index (χ3n) is 5.39. The normalized spacial score (nSPS) is 41.5. The second-order valence-electron chi connectivity index (χ2n) is 6.80. The van der Waals surface area contributed by atoms with E-state index in [1.165, 1.54) is 0 Å². The summed E-state index contributed by atoms with van der Waals surface area (Å²) in [5.41, 5.74) is -0.692. The molecule has 0 amide bonds. The van der Waals surface area contributed by atoms with Crippen LogP contribution in [0.25, 0.3) is 0 Å². The van der Waals surface area contributed by atoms with Crippen LogP contribution in [0, 0.1) is 0 Å². The fourth-order valence-electron chi connectivity index (χ4n) is 3.90. The monoisotopic (exact) mass is 282 g/mol. The van der Waals surface area contributed by atoms with E-state index in [0.717, 1.165) is 45.1 Å². The largest absolute Gasteiger partial charge is 0.480 e. The standard InChI is InChI=1S/C15H26N2O3/c1-10-13(6-8-20-10)17(2)12-5-7-15(9-12,14(18)19)16-11-3-4-11/h10-13,16H,3-9H2,1-2H3,(H,18,19). The molecule has 4 atom stereocenters. The summed E-state index contributed by atoms with van der Waals surface area (Å²) in [6.45, 7) is 2.95. The molecule has 0 aromatic heterocycles. The summed E-state index contributed by atoms with van der Waals surface area (Å²) < 4.78 is 5.65. The van der Waals surface area contributed by atoms with Crippen LogP contribution in [0.2, 0.25) is 0 Å². The lowest BCUT2D eigenvalue weighted by molar-refractivity contribution is -0.145. The van der Waals surface area contributed by atoms with Gasteiger partial charge in [0.15, 0.2) is 0 Å². The van der Waals surface area contributed by atoms with E-state index in [-0.39, 0.29) is 6.10 Å². The Hall–Kier alpha value is -0.650. The summed E-state index contributed by atoms with van der Waals surface area (Å²) in [6, 6.07) is 1.22. The number of carboxylic acid groups (broad SMARTS) is 1. The molecule has 5 heteroatoms. The summed E-state index contributed by atoms with van der Waals surface area (Å²) in [7, 11) is 2.13. The van der Waals surface area contributed by atoms with E-state index < -0.39 is 11.5 Å². The number of nitrogens with one attached hydrogen (secondary N) is 1. The summed E-state index contributed by atoms with van der Waals surface area (Å²) in [4.78, 5) is 14.1. The van der Waals surface area contributed by atoms with Gasteiger partial charge in [-0.15, -0.1) is 0 Å². The Morgan fingerprint density at radius 1 is 1.35 bits per heavy atom. The van der Waals surface area contributed by atoms with Crippen LogP contribution in [0.4, 0.5) is 0 Å². The lowest BCUT2D eigenvalue weighted by Gasteiger charge is -2.33. The van der Waals surface area contributed by atoms with Crippen molar-refractivity contribution in [1.82, 2.24) is 10.2 Å². The van der Waals surface area contributed by atoms with Gasteiger partial charge < -0.3 is 9.84 Å². The Morgan fingerprint density at radius 3 is 2.65 bits per heavy atom. The Kier molecular flexibility index (Phi) is 3.77. The average molecular weight is 282 g/mol. The maximum atomic E-state index is 11.7. The van der Waals surface area contributed by atoms with E-state index in [0.29, 0.717) is 18.1 Å². The lowest BCUT2D eigenvalue weighted by atomic mass is 9.96. The Balaban J connectivity index is 1.66. The zero-order valence-electron chi connectivity index (χ0n) is 12.5. The highest BCUT2D eigenvalue weighted by molar-refractivity contribution is 5.79. The predicted molar refractivity (Wildman–Crippen MR) is 75.7 cm³/mol. The van der Waals surface area contributed by atoms with Crippen molar-refractivity contribution >= 4 is 5.97 Å². The SMILES string of the molecule is CC1OCCC1N(C)C1CCC(NC2CC2)(C(=O)O)C1. The number of ether oxygens (including phenoxy) is 1. The minimum Gasteiger partial charge on any atom is -0.480 e. The molecule has 3 rings (SSSR count). The molecule has 0 aromatic carbocycles. The van der Waals surface area contributed by atoms with Gasteiger partial charge in [0.05, 0.1) is 6.10 Å². The van der Waals surface area contributed by atoms with E-state index in [9.17, 15) is 9.90 Å². The summed E-state index contributed by atoms with van der Waals surface area (Å²) in [6.07, 6.45) is 6.01. The van der Waals surface area contributed by atoms with Crippen LogP contribution in [0.15, 0.2) is 0 Å². The molecule has 0 spiro atoms. The van der Waals surface area contributed by atoms with Crippen molar-refractivity contribution in [2.45, 2.75) is 75.2 Å². The first-order valence-corrected chi connectivity index (χ1v) is 7.86. The van der Waals surface area contributed by atoms with Gasteiger partial charge in [-0.05, 0) is 52.5 Å². The van der Waals surface area contributed by atoms with E-state index in [2.05, 4.69) is 24.2 Å². The smallest absolute Gasteiger partial charge is 0.323 e. The highest BCUT2D eigenvalue weighted by Gasteiger charge is 2.50. The van der Waals surface area contributed by atoms with Crippen LogP contribution < -0.4 is 5.32 Å². The van der Waals surface area contributed by atoms with Crippen molar-refractivity contribution in [3.63, 3.8) is 0 Å². The van der Waals surface area contributed by atoms with Crippen molar-refractivity contribution < 1.29 is 14.6 Å². The maximum Gasteiger partial charge on any atom is 0.323 e. The van der Waals surface area contributed by atoms with E-state index in [4.69, 9.17) is 4.74 Å². The second-order valence-corrected chi connectivity index (χ2v) is 6.80. The number of hydrogen-bond acceptors (Lipinski definition) is 4. The van der Waals surface area contributed by atoms with Crippen LogP contribution in [0.5, 0.6) is 0 Å². The first-order valence-electron chi connectivity index (χ1n) is 7.86. The van der Waals surface area contributed by atoms with Crippen LogP contribution in [0.3, 0.4) is 0 Å². The molecule has 0 aromatic rings. The second kappa shape index (κ2) is 5.28. The molecule has 0 radical (unpaired) electrons. The van der Waals surface area contributed by atoms with E-state index in [1.54, 1.807) is 0 Å². The van der Waals surface area contributed by atoms with Crippen molar-refractivity contribution in [3.8, 4) is 0 Å². The molecule has 20 heavy (non-hydrogen) atoms. The van der Waals surface area contributed by atoms with Crippen molar-refractivity contribution in [2.24, 2.45) is 0 Å². The quantitative estimate of drug-likeness (QED) is 0.794. The molecular formula is C15H26N2O3. The van der Waals surface area contributed by atoms with Gasteiger partial charge in [0.25, 0.3) is 0 Å². The number of aliphatic carboxylic acids is 1. The molecule has 4 unspecified atom stereocenters. The van der Waals surface area contributed by atoms with Crippen molar-refractivity contribution in [3.05, 3.63) is 0 Å². The predicted octanol–water partition coefficient (Wildman–Crippen LogP) is 1.22. The number of carbonyl (C=O) groups is 1. The number of nitrogens with zero attached hydrogens (tertiary/aromatic N) is 1.